The maximum Gasteiger partial charge on any atom is 0.251 e. The summed E-state index contributed by atoms with van der Waals surface area (Å²) in [4.78, 5) is 12.2. The highest BCUT2D eigenvalue weighted by Crippen LogP contribution is 2.09. The van der Waals surface area contributed by atoms with Gasteiger partial charge in [-0.05, 0) is 49.6 Å². The Hall–Kier alpha value is -2.88. The van der Waals surface area contributed by atoms with Gasteiger partial charge in [0.05, 0.1) is 12.2 Å². The highest BCUT2D eigenvalue weighted by Gasteiger charge is 2.06. The lowest BCUT2D eigenvalue weighted by Crippen LogP contribution is -2.25. The van der Waals surface area contributed by atoms with E-state index in [4.69, 9.17) is 0 Å². The molecule has 0 fully saturated rings. The topological polar surface area (TPSA) is 46.9 Å². The fourth-order valence-electron chi connectivity index (χ4n) is 2.84. The Balaban J connectivity index is 1.54. The van der Waals surface area contributed by atoms with Crippen LogP contribution in [-0.4, -0.2) is 22.2 Å². The van der Waals surface area contributed by atoms with E-state index in [2.05, 4.69) is 35.5 Å². The third kappa shape index (κ3) is 4.57. The third-order valence-corrected chi connectivity index (χ3v) is 4.19. The van der Waals surface area contributed by atoms with Gasteiger partial charge < -0.3 is 5.32 Å². The molecular formula is C21H23N3O. The molecule has 1 amide bonds. The van der Waals surface area contributed by atoms with Crippen LogP contribution < -0.4 is 5.32 Å². The van der Waals surface area contributed by atoms with Gasteiger partial charge in [0, 0.05) is 17.8 Å². The molecule has 3 aromatic rings. The molecule has 0 aliphatic rings. The third-order valence-electron chi connectivity index (χ3n) is 4.19. The predicted octanol–water partition coefficient (Wildman–Crippen LogP) is 3.52. The van der Waals surface area contributed by atoms with Crippen molar-refractivity contribution in [2.75, 3.05) is 6.54 Å². The van der Waals surface area contributed by atoms with Gasteiger partial charge in [-0.2, -0.15) is 5.10 Å². The van der Waals surface area contributed by atoms with Crippen LogP contribution in [0, 0.1) is 13.8 Å². The number of hydrogen-bond donors (Lipinski definition) is 1. The highest BCUT2D eigenvalue weighted by molar-refractivity contribution is 5.94. The summed E-state index contributed by atoms with van der Waals surface area (Å²) in [5, 5.41) is 7.44. The van der Waals surface area contributed by atoms with Crippen LogP contribution in [0.2, 0.25) is 0 Å². The Morgan fingerprint density at radius 1 is 1.00 bits per heavy atom. The quantitative estimate of drug-likeness (QED) is 0.750. The summed E-state index contributed by atoms with van der Waals surface area (Å²) in [6.07, 6.45) is 0.836. The van der Waals surface area contributed by atoms with Crippen molar-refractivity contribution in [2.24, 2.45) is 0 Å². The number of carbonyl (C=O) groups is 1. The second-order valence-electron chi connectivity index (χ2n) is 6.27. The number of nitrogens with one attached hydrogen (secondary N) is 1. The molecule has 128 valence electrons. The standard InChI is InChI=1S/C21H23N3O/c1-16-14-17(2)24(23-16)15-19-8-10-20(11-9-19)21(25)22-13-12-18-6-4-3-5-7-18/h3-11,14H,12-13,15H2,1-2H3,(H,22,25). The minimum Gasteiger partial charge on any atom is -0.352 e. The summed E-state index contributed by atoms with van der Waals surface area (Å²) in [5.41, 5.74) is 5.20. The first kappa shape index (κ1) is 17.0. The van der Waals surface area contributed by atoms with E-state index in [1.54, 1.807) is 0 Å². The Morgan fingerprint density at radius 3 is 2.36 bits per heavy atom. The average molecular weight is 333 g/mol. The van der Waals surface area contributed by atoms with Gasteiger partial charge in [0.1, 0.15) is 0 Å². The zero-order chi connectivity index (χ0) is 17.6. The Kier molecular flexibility index (Phi) is 5.29. The van der Waals surface area contributed by atoms with Crippen molar-refractivity contribution in [1.29, 1.82) is 0 Å². The fraction of sp³-hybridized carbons (Fsp3) is 0.238. The van der Waals surface area contributed by atoms with Gasteiger partial charge in [-0.15, -0.1) is 0 Å². The van der Waals surface area contributed by atoms with Crippen LogP contribution >= 0.6 is 0 Å². The molecule has 0 spiro atoms. The summed E-state index contributed by atoms with van der Waals surface area (Å²) in [6.45, 7) is 5.40. The van der Waals surface area contributed by atoms with Gasteiger partial charge in [-0.1, -0.05) is 42.5 Å². The maximum atomic E-state index is 12.2. The molecule has 2 aromatic carbocycles. The minimum atomic E-state index is -0.0337. The first-order valence-electron chi connectivity index (χ1n) is 8.54. The molecule has 0 unspecified atom stereocenters. The van der Waals surface area contributed by atoms with Crippen molar-refractivity contribution >= 4 is 5.91 Å². The number of benzene rings is 2. The zero-order valence-electron chi connectivity index (χ0n) is 14.7. The minimum absolute atomic E-state index is 0.0337. The lowest BCUT2D eigenvalue weighted by Gasteiger charge is -2.08. The molecule has 0 aliphatic heterocycles. The van der Waals surface area contributed by atoms with Gasteiger partial charge in [0.2, 0.25) is 0 Å². The molecule has 0 radical (unpaired) electrons. The van der Waals surface area contributed by atoms with E-state index in [1.165, 1.54) is 5.56 Å². The van der Waals surface area contributed by atoms with Crippen molar-refractivity contribution in [1.82, 2.24) is 15.1 Å². The largest absolute Gasteiger partial charge is 0.352 e. The number of carbonyl (C=O) groups excluding carboxylic acids is 1. The van der Waals surface area contributed by atoms with Crippen LogP contribution in [-0.2, 0) is 13.0 Å². The lowest BCUT2D eigenvalue weighted by molar-refractivity contribution is 0.0954. The summed E-state index contributed by atoms with van der Waals surface area (Å²) in [6, 6.07) is 19.9. The average Bonchev–Trinajstić information content (AvgIpc) is 2.93. The Bertz CT molecular complexity index is 835. The second kappa shape index (κ2) is 7.79. The van der Waals surface area contributed by atoms with Gasteiger partial charge in [0.15, 0.2) is 0 Å². The van der Waals surface area contributed by atoms with Crippen LogP contribution in [0.15, 0.2) is 60.7 Å². The maximum absolute atomic E-state index is 12.2. The number of amides is 1. The molecule has 1 N–H and O–H groups in total. The second-order valence-corrected chi connectivity index (χ2v) is 6.27. The summed E-state index contributed by atoms with van der Waals surface area (Å²) >= 11 is 0. The molecule has 0 atom stereocenters. The highest BCUT2D eigenvalue weighted by atomic mass is 16.1. The molecule has 0 saturated carbocycles. The van der Waals surface area contributed by atoms with Gasteiger partial charge in [-0.25, -0.2) is 0 Å². The monoisotopic (exact) mass is 333 g/mol. The number of aryl methyl sites for hydroxylation is 2. The summed E-state index contributed by atoms with van der Waals surface area (Å²) in [5.74, 6) is -0.0337. The van der Waals surface area contributed by atoms with Gasteiger partial charge in [-0.3, -0.25) is 9.48 Å². The van der Waals surface area contributed by atoms with Crippen molar-refractivity contribution in [3.8, 4) is 0 Å². The molecule has 0 bridgehead atoms. The molecule has 4 heteroatoms. The first-order valence-corrected chi connectivity index (χ1v) is 8.54. The Labute approximate surface area is 148 Å². The van der Waals surface area contributed by atoms with Gasteiger partial charge >= 0.3 is 0 Å². The molecule has 4 nitrogen and oxygen atoms in total. The number of rotatable bonds is 6. The van der Waals surface area contributed by atoms with Crippen molar-refractivity contribution in [2.45, 2.75) is 26.8 Å². The number of nitrogens with zero attached hydrogens (tertiary/aromatic N) is 2. The molecule has 0 saturated heterocycles. The molecule has 0 aliphatic carbocycles. The SMILES string of the molecule is Cc1cc(C)n(Cc2ccc(C(=O)NCCc3ccccc3)cc2)n1. The summed E-state index contributed by atoms with van der Waals surface area (Å²) < 4.78 is 1.98. The molecule has 3 rings (SSSR count). The van der Waals surface area contributed by atoms with E-state index in [1.807, 2.05) is 54.1 Å². The normalized spacial score (nSPS) is 10.6. The number of hydrogen-bond acceptors (Lipinski definition) is 2. The smallest absolute Gasteiger partial charge is 0.251 e. The van der Waals surface area contributed by atoms with E-state index >= 15 is 0 Å². The van der Waals surface area contributed by atoms with E-state index in [-0.39, 0.29) is 5.91 Å². The summed E-state index contributed by atoms with van der Waals surface area (Å²) in [7, 11) is 0. The lowest BCUT2D eigenvalue weighted by atomic mass is 10.1. The molecular weight excluding hydrogens is 310 g/mol. The molecule has 25 heavy (non-hydrogen) atoms. The van der Waals surface area contributed by atoms with Crippen molar-refractivity contribution in [3.63, 3.8) is 0 Å². The Morgan fingerprint density at radius 2 is 1.72 bits per heavy atom. The number of aromatic nitrogens is 2. The molecule has 1 heterocycles. The predicted molar refractivity (Wildman–Crippen MR) is 99.7 cm³/mol. The zero-order valence-corrected chi connectivity index (χ0v) is 14.7. The molecule has 1 aromatic heterocycles. The van der Waals surface area contributed by atoms with Crippen molar-refractivity contribution in [3.05, 3.63) is 88.7 Å². The van der Waals surface area contributed by atoms with Crippen LogP contribution in [0.5, 0.6) is 0 Å². The van der Waals surface area contributed by atoms with Crippen LogP contribution in [0.3, 0.4) is 0 Å². The van der Waals surface area contributed by atoms with Crippen molar-refractivity contribution < 1.29 is 4.79 Å². The van der Waals surface area contributed by atoms with Gasteiger partial charge in [0.25, 0.3) is 5.91 Å². The van der Waals surface area contributed by atoms with E-state index in [9.17, 15) is 4.79 Å². The van der Waals surface area contributed by atoms with Crippen LogP contribution in [0.25, 0.3) is 0 Å². The first-order chi connectivity index (χ1) is 12.1. The van der Waals surface area contributed by atoms with E-state index in [0.717, 1.165) is 29.9 Å². The van der Waals surface area contributed by atoms with Crippen LogP contribution in [0.1, 0.15) is 32.9 Å². The van der Waals surface area contributed by atoms with Crippen LogP contribution in [0.4, 0.5) is 0 Å². The fourth-order valence-corrected chi connectivity index (χ4v) is 2.84. The van der Waals surface area contributed by atoms with E-state index < -0.39 is 0 Å². The van der Waals surface area contributed by atoms with E-state index in [0.29, 0.717) is 12.1 Å².